The molecule has 0 aliphatic heterocycles. The van der Waals surface area contributed by atoms with E-state index in [0.717, 1.165) is 5.56 Å². The van der Waals surface area contributed by atoms with E-state index in [9.17, 15) is 9.59 Å². The van der Waals surface area contributed by atoms with E-state index in [1.165, 1.54) is 19.8 Å². The molecule has 0 bridgehead atoms. The van der Waals surface area contributed by atoms with Crippen LogP contribution in [0.25, 0.3) is 5.57 Å². The fraction of sp³-hybridized carbons (Fsp3) is 0.412. The molecule has 1 aromatic rings. The number of hydrogen-bond donors (Lipinski definition) is 0. The highest BCUT2D eigenvalue weighted by Gasteiger charge is 2.60. The van der Waals surface area contributed by atoms with Gasteiger partial charge in [0, 0.05) is 0 Å². The fourth-order valence-electron chi connectivity index (χ4n) is 2.38. The van der Waals surface area contributed by atoms with Gasteiger partial charge in [-0.25, -0.2) is 0 Å². The van der Waals surface area contributed by atoms with Gasteiger partial charge >= 0.3 is 11.9 Å². The van der Waals surface area contributed by atoms with E-state index in [1.54, 1.807) is 6.08 Å². The molecule has 21 heavy (non-hydrogen) atoms. The summed E-state index contributed by atoms with van der Waals surface area (Å²) in [5, 5.41) is 0. The smallest absolute Gasteiger partial charge is 0.331 e. The summed E-state index contributed by atoms with van der Waals surface area (Å²) in [6, 6.07) is 7.85. The lowest BCUT2D eigenvalue weighted by atomic mass is 9.86. The average molecular weight is 288 g/mol. The van der Waals surface area contributed by atoms with Gasteiger partial charge in [-0.15, -0.1) is 0 Å². The van der Waals surface area contributed by atoms with Gasteiger partial charge in [-0.3, -0.25) is 9.59 Å². The van der Waals surface area contributed by atoms with Gasteiger partial charge in [-0.2, -0.15) is 0 Å². The molecular formula is C17H20O4. The first-order valence-corrected chi connectivity index (χ1v) is 6.78. The molecule has 0 amide bonds. The van der Waals surface area contributed by atoms with E-state index in [4.69, 9.17) is 9.47 Å². The minimum Gasteiger partial charge on any atom is -0.468 e. The molecule has 0 fully saturated rings. The lowest BCUT2D eigenvalue weighted by Gasteiger charge is -2.19. The van der Waals surface area contributed by atoms with E-state index >= 15 is 0 Å². The highest BCUT2D eigenvalue weighted by molar-refractivity contribution is 6.22. The Morgan fingerprint density at radius 3 is 1.81 bits per heavy atom. The van der Waals surface area contributed by atoms with Crippen molar-refractivity contribution in [1.82, 2.24) is 0 Å². The Kier molecular flexibility index (Phi) is 3.66. The topological polar surface area (TPSA) is 52.6 Å². The summed E-state index contributed by atoms with van der Waals surface area (Å²) < 4.78 is 9.48. The number of methoxy groups -OCH3 is 2. The van der Waals surface area contributed by atoms with Crippen molar-refractivity contribution in [3.63, 3.8) is 0 Å². The van der Waals surface area contributed by atoms with E-state index in [2.05, 4.69) is 20.8 Å². The molecule has 4 heteroatoms. The quantitative estimate of drug-likeness (QED) is 0.634. The maximum Gasteiger partial charge on any atom is 0.331 e. The largest absolute Gasteiger partial charge is 0.468 e. The third kappa shape index (κ3) is 2.46. The van der Waals surface area contributed by atoms with Gasteiger partial charge in [0.1, 0.15) is 0 Å². The summed E-state index contributed by atoms with van der Waals surface area (Å²) in [6.45, 7) is 6.39. The minimum atomic E-state index is -1.37. The molecule has 0 atom stereocenters. The normalized spacial score (nSPS) is 16.0. The molecule has 1 aromatic carbocycles. The number of carbonyl (C=O) groups excluding carboxylic acids is 2. The summed E-state index contributed by atoms with van der Waals surface area (Å²) in [5.74, 6) is -1.21. The van der Waals surface area contributed by atoms with Crippen LogP contribution in [0.2, 0.25) is 0 Å². The predicted molar refractivity (Wildman–Crippen MR) is 79.6 cm³/mol. The number of hydrogen-bond acceptors (Lipinski definition) is 4. The van der Waals surface area contributed by atoms with Crippen LogP contribution in [-0.2, 0) is 24.5 Å². The van der Waals surface area contributed by atoms with Gasteiger partial charge in [0.15, 0.2) is 0 Å². The molecule has 0 spiro atoms. The molecule has 2 rings (SSSR count). The van der Waals surface area contributed by atoms with Gasteiger partial charge in [0.2, 0.25) is 5.41 Å². The molecule has 1 aliphatic rings. The van der Waals surface area contributed by atoms with Crippen molar-refractivity contribution in [3.8, 4) is 0 Å². The Morgan fingerprint density at radius 2 is 1.43 bits per heavy atom. The van der Waals surface area contributed by atoms with Gasteiger partial charge in [0.25, 0.3) is 0 Å². The van der Waals surface area contributed by atoms with Crippen LogP contribution in [0.1, 0.15) is 31.9 Å². The lowest BCUT2D eigenvalue weighted by Crippen LogP contribution is -2.31. The molecule has 112 valence electrons. The van der Waals surface area contributed by atoms with Crippen LogP contribution in [-0.4, -0.2) is 26.2 Å². The van der Waals surface area contributed by atoms with E-state index in [-0.39, 0.29) is 5.41 Å². The van der Waals surface area contributed by atoms with Crippen LogP contribution in [0.5, 0.6) is 0 Å². The lowest BCUT2D eigenvalue weighted by molar-refractivity contribution is -0.158. The molecule has 1 aliphatic carbocycles. The van der Waals surface area contributed by atoms with Crippen LogP contribution >= 0.6 is 0 Å². The minimum absolute atomic E-state index is 0.0538. The van der Waals surface area contributed by atoms with Crippen molar-refractivity contribution in [2.75, 3.05) is 14.2 Å². The Morgan fingerprint density at radius 1 is 0.952 bits per heavy atom. The summed E-state index contributed by atoms with van der Waals surface area (Å²) in [5.41, 5.74) is 1.35. The third-order valence-corrected chi connectivity index (χ3v) is 3.78. The Balaban J connectivity index is 2.30. The summed E-state index contributed by atoms with van der Waals surface area (Å²) in [6.07, 6.45) is 1.59. The van der Waals surface area contributed by atoms with Gasteiger partial charge in [-0.1, -0.05) is 45.0 Å². The second-order valence-electron chi connectivity index (χ2n) is 6.18. The highest BCUT2D eigenvalue weighted by atomic mass is 16.5. The Hall–Kier alpha value is -2.10. The number of ether oxygens (including phenoxy) is 2. The van der Waals surface area contributed by atoms with Crippen molar-refractivity contribution in [2.24, 2.45) is 5.41 Å². The number of rotatable bonds is 3. The molecule has 0 saturated heterocycles. The second kappa shape index (κ2) is 5.02. The van der Waals surface area contributed by atoms with Crippen molar-refractivity contribution in [2.45, 2.75) is 26.2 Å². The number of carbonyl (C=O) groups is 2. The van der Waals surface area contributed by atoms with Crippen molar-refractivity contribution in [1.29, 1.82) is 0 Å². The molecule has 0 radical (unpaired) electrons. The molecule has 0 heterocycles. The SMILES string of the molecule is COC(=O)C1(C(=O)OC)C=C1c1ccc(C(C)(C)C)cc1. The fourth-order valence-corrected chi connectivity index (χ4v) is 2.38. The first-order chi connectivity index (χ1) is 9.77. The standard InChI is InChI=1S/C17H20O4/c1-16(2,3)12-8-6-11(7-9-12)13-10-17(13,14(18)20-4)15(19)21-5/h6-10H,1-5H3. The zero-order valence-corrected chi connectivity index (χ0v) is 13.0. The molecule has 0 aromatic heterocycles. The monoisotopic (exact) mass is 288 g/mol. The number of esters is 2. The molecule has 0 saturated carbocycles. The van der Waals surface area contributed by atoms with Crippen molar-refractivity contribution in [3.05, 3.63) is 41.5 Å². The molecular weight excluding hydrogens is 268 g/mol. The summed E-state index contributed by atoms with van der Waals surface area (Å²) >= 11 is 0. The average Bonchev–Trinajstić information content (AvgIpc) is 3.21. The van der Waals surface area contributed by atoms with Crippen molar-refractivity contribution < 1.29 is 19.1 Å². The predicted octanol–water partition coefficient (Wildman–Crippen LogP) is 2.71. The van der Waals surface area contributed by atoms with Gasteiger partial charge in [0.05, 0.1) is 14.2 Å². The van der Waals surface area contributed by atoms with E-state index in [0.29, 0.717) is 5.57 Å². The summed E-state index contributed by atoms with van der Waals surface area (Å²) in [4.78, 5) is 23.9. The third-order valence-electron chi connectivity index (χ3n) is 3.78. The Labute approximate surface area is 124 Å². The van der Waals surface area contributed by atoms with E-state index < -0.39 is 17.4 Å². The van der Waals surface area contributed by atoms with E-state index in [1.807, 2.05) is 24.3 Å². The van der Waals surface area contributed by atoms with Gasteiger partial charge < -0.3 is 9.47 Å². The first-order valence-electron chi connectivity index (χ1n) is 6.78. The summed E-state index contributed by atoms with van der Waals surface area (Å²) in [7, 11) is 2.53. The molecule has 4 nitrogen and oxygen atoms in total. The zero-order chi connectivity index (χ0) is 15.8. The maximum absolute atomic E-state index is 11.9. The number of benzene rings is 1. The zero-order valence-electron chi connectivity index (χ0n) is 13.0. The van der Waals surface area contributed by atoms with Crippen LogP contribution in [0.3, 0.4) is 0 Å². The molecule has 0 N–H and O–H groups in total. The van der Waals surface area contributed by atoms with Crippen molar-refractivity contribution >= 4 is 17.5 Å². The molecule has 0 unspecified atom stereocenters. The van der Waals surface area contributed by atoms with Crippen LogP contribution in [0, 0.1) is 5.41 Å². The highest BCUT2D eigenvalue weighted by Crippen LogP contribution is 2.52. The van der Waals surface area contributed by atoms with Crippen LogP contribution in [0.4, 0.5) is 0 Å². The van der Waals surface area contributed by atoms with Gasteiger partial charge in [-0.05, 0) is 28.2 Å². The maximum atomic E-state index is 11.9. The second-order valence-corrected chi connectivity index (χ2v) is 6.18. The Bertz CT molecular complexity index is 587. The van der Waals surface area contributed by atoms with Crippen LogP contribution in [0.15, 0.2) is 30.3 Å². The van der Waals surface area contributed by atoms with Crippen LogP contribution < -0.4 is 0 Å². The first kappa shape index (κ1) is 15.3.